The van der Waals surface area contributed by atoms with Gasteiger partial charge >= 0.3 is 0 Å². The summed E-state index contributed by atoms with van der Waals surface area (Å²) >= 11 is 0. The molecule has 0 spiro atoms. The molecule has 0 aliphatic rings. The zero-order valence-corrected chi connectivity index (χ0v) is 10.9. The summed E-state index contributed by atoms with van der Waals surface area (Å²) in [5, 5.41) is 2.75. The molecule has 0 aliphatic carbocycles. The van der Waals surface area contributed by atoms with Gasteiger partial charge < -0.3 is 21.5 Å². The van der Waals surface area contributed by atoms with Crippen molar-refractivity contribution >= 4 is 17.5 Å². The van der Waals surface area contributed by atoms with Crippen molar-refractivity contribution in [1.82, 2.24) is 5.32 Å². The maximum atomic E-state index is 11.9. The van der Waals surface area contributed by atoms with E-state index in [9.17, 15) is 9.59 Å². The molecule has 5 N–H and O–H groups in total. The lowest BCUT2D eigenvalue weighted by molar-refractivity contribution is -0.118. The lowest BCUT2D eigenvalue weighted by atomic mass is 10.1. The molecule has 1 aromatic carbocycles. The van der Waals surface area contributed by atoms with Crippen LogP contribution in [0.5, 0.6) is 5.75 Å². The quantitative estimate of drug-likeness (QED) is 0.497. The number of carbonyl (C=O) groups excluding carboxylic acids is 2. The lowest BCUT2D eigenvalue weighted by Gasteiger charge is -2.11. The van der Waals surface area contributed by atoms with Crippen molar-refractivity contribution in [2.24, 2.45) is 5.73 Å². The van der Waals surface area contributed by atoms with Crippen molar-refractivity contribution < 1.29 is 14.3 Å². The van der Waals surface area contributed by atoms with Gasteiger partial charge in [-0.05, 0) is 25.0 Å². The number of nitrogen functional groups attached to an aromatic ring is 1. The van der Waals surface area contributed by atoms with Gasteiger partial charge in [-0.25, -0.2) is 0 Å². The van der Waals surface area contributed by atoms with E-state index in [0.717, 1.165) is 0 Å². The van der Waals surface area contributed by atoms with Gasteiger partial charge in [0, 0.05) is 13.0 Å². The maximum Gasteiger partial charge on any atom is 0.255 e. The third-order valence-corrected chi connectivity index (χ3v) is 2.63. The standard InChI is InChI=1S/C13H19N3O3/c1-19-12-9(5-4-6-10(12)14)13(18)16-8-3-2-7-11(15)17/h4-6H,2-3,7-8,14H2,1H3,(H2,15,17)(H,16,18). The molecule has 0 radical (unpaired) electrons. The second kappa shape index (κ2) is 7.25. The fourth-order valence-electron chi connectivity index (χ4n) is 1.68. The summed E-state index contributed by atoms with van der Waals surface area (Å²) in [5.41, 5.74) is 11.6. The Balaban J connectivity index is 2.50. The van der Waals surface area contributed by atoms with Gasteiger partial charge in [0.15, 0.2) is 5.75 Å². The molecule has 6 heteroatoms. The van der Waals surface area contributed by atoms with Gasteiger partial charge in [0.1, 0.15) is 0 Å². The predicted octanol–water partition coefficient (Wildman–Crippen LogP) is 0.663. The number of anilines is 1. The zero-order valence-electron chi connectivity index (χ0n) is 10.9. The monoisotopic (exact) mass is 265 g/mol. The predicted molar refractivity (Wildman–Crippen MR) is 72.8 cm³/mol. The van der Waals surface area contributed by atoms with Crippen LogP contribution in [0, 0.1) is 0 Å². The van der Waals surface area contributed by atoms with Crippen LogP contribution in [0.15, 0.2) is 18.2 Å². The summed E-state index contributed by atoms with van der Waals surface area (Å²) in [7, 11) is 1.47. The molecule has 0 aromatic heterocycles. The van der Waals surface area contributed by atoms with Crippen molar-refractivity contribution in [3.05, 3.63) is 23.8 Å². The Morgan fingerprint density at radius 3 is 2.68 bits per heavy atom. The van der Waals surface area contributed by atoms with Crippen LogP contribution in [0.25, 0.3) is 0 Å². The van der Waals surface area contributed by atoms with Crippen LogP contribution >= 0.6 is 0 Å². The molecular weight excluding hydrogens is 246 g/mol. The Morgan fingerprint density at radius 1 is 1.32 bits per heavy atom. The minimum atomic E-state index is -0.330. The van der Waals surface area contributed by atoms with Gasteiger partial charge in [-0.2, -0.15) is 0 Å². The number of methoxy groups -OCH3 is 1. The van der Waals surface area contributed by atoms with Crippen LogP contribution in [-0.4, -0.2) is 25.5 Å². The molecule has 19 heavy (non-hydrogen) atoms. The van der Waals surface area contributed by atoms with E-state index < -0.39 is 0 Å². The minimum Gasteiger partial charge on any atom is -0.494 e. The lowest BCUT2D eigenvalue weighted by Crippen LogP contribution is -2.25. The van der Waals surface area contributed by atoms with Crippen LogP contribution in [0.4, 0.5) is 5.69 Å². The number of hydrogen-bond acceptors (Lipinski definition) is 4. The molecule has 0 aliphatic heterocycles. The van der Waals surface area contributed by atoms with E-state index in [1.807, 2.05) is 0 Å². The zero-order chi connectivity index (χ0) is 14.3. The summed E-state index contributed by atoms with van der Waals surface area (Å²) in [4.78, 5) is 22.5. The molecule has 104 valence electrons. The fraction of sp³-hybridized carbons (Fsp3) is 0.385. The first-order chi connectivity index (χ1) is 9.06. The fourth-order valence-corrected chi connectivity index (χ4v) is 1.68. The van der Waals surface area contributed by atoms with Gasteiger partial charge in [-0.3, -0.25) is 9.59 Å². The Bertz CT molecular complexity index is 460. The van der Waals surface area contributed by atoms with Crippen molar-refractivity contribution in [2.75, 3.05) is 19.4 Å². The summed E-state index contributed by atoms with van der Waals surface area (Å²) < 4.78 is 5.11. The van der Waals surface area contributed by atoms with Gasteiger partial charge in [-0.1, -0.05) is 6.07 Å². The minimum absolute atomic E-state index is 0.247. The molecule has 0 unspecified atom stereocenters. The number of carbonyl (C=O) groups is 2. The van der Waals surface area contributed by atoms with Crippen molar-refractivity contribution in [1.29, 1.82) is 0 Å². The Kier molecular flexibility index (Phi) is 5.66. The van der Waals surface area contributed by atoms with Crippen LogP contribution in [0.3, 0.4) is 0 Å². The number of hydrogen-bond donors (Lipinski definition) is 3. The van der Waals surface area contributed by atoms with E-state index in [1.54, 1.807) is 18.2 Å². The van der Waals surface area contributed by atoms with E-state index in [1.165, 1.54) is 7.11 Å². The molecule has 1 rings (SSSR count). The van der Waals surface area contributed by atoms with E-state index in [2.05, 4.69) is 5.32 Å². The Labute approximate surface area is 112 Å². The molecule has 0 fully saturated rings. The SMILES string of the molecule is COc1c(N)cccc1C(=O)NCCCCC(N)=O. The summed E-state index contributed by atoms with van der Waals surface area (Å²) in [6.07, 6.45) is 1.68. The first-order valence-electron chi connectivity index (χ1n) is 6.05. The highest BCUT2D eigenvalue weighted by molar-refractivity contribution is 5.98. The topological polar surface area (TPSA) is 107 Å². The average Bonchev–Trinajstić information content (AvgIpc) is 2.37. The van der Waals surface area contributed by atoms with Crippen molar-refractivity contribution in [3.8, 4) is 5.75 Å². The summed E-state index contributed by atoms with van der Waals surface area (Å²) in [6.45, 7) is 0.476. The molecule has 0 saturated heterocycles. The largest absolute Gasteiger partial charge is 0.494 e. The molecule has 6 nitrogen and oxygen atoms in total. The smallest absolute Gasteiger partial charge is 0.255 e. The third-order valence-electron chi connectivity index (χ3n) is 2.63. The van der Waals surface area contributed by atoms with Gasteiger partial charge in [0.2, 0.25) is 5.91 Å². The number of rotatable bonds is 7. The molecule has 0 atom stereocenters. The average molecular weight is 265 g/mol. The molecule has 2 amide bonds. The molecule has 0 bridgehead atoms. The van der Waals surface area contributed by atoms with E-state index in [4.69, 9.17) is 16.2 Å². The number of primary amides is 1. The maximum absolute atomic E-state index is 11.9. The number of benzene rings is 1. The third kappa shape index (κ3) is 4.50. The van der Waals surface area contributed by atoms with Crippen LogP contribution < -0.4 is 21.5 Å². The molecule has 1 aromatic rings. The van der Waals surface area contributed by atoms with E-state index in [-0.39, 0.29) is 11.8 Å². The number of nitrogens with two attached hydrogens (primary N) is 2. The number of amides is 2. The highest BCUT2D eigenvalue weighted by atomic mass is 16.5. The highest BCUT2D eigenvalue weighted by Crippen LogP contribution is 2.25. The molecule has 0 saturated carbocycles. The highest BCUT2D eigenvalue weighted by Gasteiger charge is 2.13. The van der Waals surface area contributed by atoms with E-state index in [0.29, 0.717) is 42.8 Å². The van der Waals surface area contributed by atoms with Crippen LogP contribution in [0.1, 0.15) is 29.6 Å². The van der Waals surface area contributed by atoms with E-state index >= 15 is 0 Å². The number of nitrogens with one attached hydrogen (secondary N) is 1. The van der Waals surface area contributed by atoms with Gasteiger partial charge in [0.25, 0.3) is 5.91 Å². The first-order valence-corrected chi connectivity index (χ1v) is 6.05. The van der Waals surface area contributed by atoms with Gasteiger partial charge in [0.05, 0.1) is 18.4 Å². The van der Waals surface area contributed by atoms with Crippen LogP contribution in [0.2, 0.25) is 0 Å². The van der Waals surface area contributed by atoms with Crippen molar-refractivity contribution in [3.63, 3.8) is 0 Å². The molecule has 0 heterocycles. The van der Waals surface area contributed by atoms with Gasteiger partial charge in [-0.15, -0.1) is 0 Å². The second-order valence-electron chi connectivity index (χ2n) is 4.11. The number of unbranched alkanes of at least 4 members (excludes halogenated alkanes) is 1. The molecular formula is C13H19N3O3. The normalized spacial score (nSPS) is 9.95. The first kappa shape index (κ1) is 14.8. The van der Waals surface area contributed by atoms with Crippen molar-refractivity contribution in [2.45, 2.75) is 19.3 Å². The second-order valence-corrected chi connectivity index (χ2v) is 4.11. The van der Waals surface area contributed by atoms with Crippen LogP contribution in [-0.2, 0) is 4.79 Å². The Morgan fingerprint density at radius 2 is 2.05 bits per heavy atom. The number of ether oxygens (including phenoxy) is 1. The summed E-state index contributed by atoms with van der Waals surface area (Å²) in [5.74, 6) is -0.204. The summed E-state index contributed by atoms with van der Waals surface area (Å²) in [6, 6.07) is 5.01. The Hall–Kier alpha value is -2.24. The number of para-hydroxylation sites is 1.